The summed E-state index contributed by atoms with van der Waals surface area (Å²) in [5.41, 5.74) is 21.5. The number of hydrogen-bond donors (Lipinski definition) is 0. The van der Waals surface area contributed by atoms with Crippen LogP contribution in [0.25, 0.3) is 77.3 Å². The third-order valence-corrected chi connectivity index (χ3v) is 16.1. The molecule has 2 aromatic heterocycles. The number of aromatic nitrogens is 1. The molecule has 11 aromatic rings. The van der Waals surface area contributed by atoms with Crippen molar-refractivity contribution >= 4 is 66.4 Å². The van der Waals surface area contributed by atoms with Crippen molar-refractivity contribution in [2.45, 2.75) is 44.4 Å². The number of allylic oxidation sites excluding steroid dienone is 4. The number of anilines is 3. The van der Waals surface area contributed by atoms with E-state index in [4.69, 9.17) is 4.42 Å². The minimum atomic E-state index is -0.210. The van der Waals surface area contributed by atoms with Gasteiger partial charge in [-0.1, -0.05) is 173 Å². The lowest BCUT2D eigenvalue weighted by Crippen LogP contribution is -2.25. The van der Waals surface area contributed by atoms with E-state index in [1.807, 2.05) is 0 Å². The molecule has 0 spiro atoms. The molecule has 2 unspecified atom stereocenters. The molecule has 0 aliphatic heterocycles. The summed E-state index contributed by atoms with van der Waals surface area (Å²) in [7, 11) is 0. The van der Waals surface area contributed by atoms with Crippen molar-refractivity contribution < 1.29 is 4.42 Å². The topological polar surface area (TPSA) is 21.3 Å². The summed E-state index contributed by atoms with van der Waals surface area (Å²) >= 11 is 0. The van der Waals surface area contributed by atoms with Crippen LogP contribution in [0.4, 0.5) is 17.1 Å². The first kappa shape index (κ1) is 40.0. The Kier molecular flexibility index (Phi) is 8.50. The molecule has 0 N–H and O–H groups in total. The second kappa shape index (κ2) is 14.7. The van der Waals surface area contributed by atoms with Crippen molar-refractivity contribution in [3.05, 3.63) is 246 Å². The lowest BCUT2D eigenvalue weighted by molar-refractivity contribution is 0.395. The van der Waals surface area contributed by atoms with Crippen LogP contribution in [-0.4, -0.2) is 4.57 Å². The third-order valence-electron chi connectivity index (χ3n) is 16.1. The van der Waals surface area contributed by atoms with Gasteiger partial charge in [-0.15, -0.1) is 0 Å². The van der Waals surface area contributed by atoms with Crippen LogP contribution in [0.2, 0.25) is 0 Å². The molecule has 3 aliphatic rings. The van der Waals surface area contributed by atoms with Crippen LogP contribution in [-0.2, 0) is 10.8 Å². The van der Waals surface area contributed by atoms with Gasteiger partial charge in [0.25, 0.3) is 0 Å². The van der Waals surface area contributed by atoms with Crippen LogP contribution in [0.1, 0.15) is 61.4 Å². The van der Waals surface area contributed by atoms with E-state index in [0.29, 0.717) is 0 Å². The zero-order valence-electron chi connectivity index (χ0n) is 39.2. The summed E-state index contributed by atoms with van der Waals surface area (Å²) in [5, 5.41) is 4.80. The molecule has 0 saturated heterocycles. The highest BCUT2D eigenvalue weighted by Crippen LogP contribution is 2.57. The average Bonchev–Trinajstić information content (AvgIpc) is 4.07. The van der Waals surface area contributed by atoms with Crippen LogP contribution in [0.15, 0.2) is 223 Å². The van der Waals surface area contributed by atoms with Crippen molar-refractivity contribution in [3.63, 3.8) is 0 Å². The number of rotatable bonds is 6. The molecule has 69 heavy (non-hydrogen) atoms. The maximum absolute atomic E-state index is 6.83. The Morgan fingerprint density at radius 2 is 1.14 bits per heavy atom. The third kappa shape index (κ3) is 5.86. The fourth-order valence-electron chi connectivity index (χ4n) is 12.6. The molecule has 2 atom stereocenters. The van der Waals surface area contributed by atoms with E-state index in [1.54, 1.807) is 0 Å². The summed E-state index contributed by atoms with van der Waals surface area (Å²) < 4.78 is 9.22. The molecule has 330 valence electrons. The molecule has 0 fully saturated rings. The van der Waals surface area contributed by atoms with E-state index < -0.39 is 0 Å². The van der Waals surface area contributed by atoms with E-state index in [1.165, 1.54) is 83.1 Å². The Morgan fingerprint density at radius 1 is 0.493 bits per heavy atom. The fraction of sp³-hybridized carbons (Fsp3) is 0.121. The molecule has 0 saturated carbocycles. The van der Waals surface area contributed by atoms with E-state index in [9.17, 15) is 0 Å². The molecule has 3 heteroatoms. The number of furan rings is 1. The van der Waals surface area contributed by atoms with Crippen LogP contribution in [0.3, 0.4) is 0 Å². The van der Waals surface area contributed by atoms with Gasteiger partial charge in [0.05, 0.1) is 16.7 Å². The second-order valence-corrected chi connectivity index (χ2v) is 20.5. The van der Waals surface area contributed by atoms with Gasteiger partial charge >= 0.3 is 0 Å². The number of nitrogens with zero attached hydrogens (tertiary/aromatic N) is 2. The van der Waals surface area contributed by atoms with Crippen molar-refractivity contribution in [1.29, 1.82) is 0 Å². The van der Waals surface area contributed by atoms with Crippen molar-refractivity contribution in [2.24, 2.45) is 5.92 Å². The molecule has 9 aromatic carbocycles. The Bertz CT molecular complexity index is 3970. The summed E-state index contributed by atoms with van der Waals surface area (Å²) in [6.07, 6.45) is 7.42. The SMILES string of the molecule is CC1(C)c2cc(-c3ccccc3)ccc2-c2ccc(N(c3ccc4c(c3)C(C)(C)C3C=C(c5ccc6c(c5)c5ccccc5n6-c5ccccc5)C=CC43)c3cccc4c3oc3ccccc34)cc21. The largest absolute Gasteiger partial charge is 0.454 e. The van der Waals surface area contributed by atoms with Gasteiger partial charge in [0.2, 0.25) is 0 Å². The van der Waals surface area contributed by atoms with E-state index >= 15 is 0 Å². The van der Waals surface area contributed by atoms with Gasteiger partial charge in [-0.05, 0) is 140 Å². The van der Waals surface area contributed by atoms with E-state index in [2.05, 4.69) is 256 Å². The summed E-state index contributed by atoms with van der Waals surface area (Å²) in [6, 6.07) is 73.7. The molecule has 0 bridgehead atoms. The first-order valence-corrected chi connectivity index (χ1v) is 24.4. The lowest BCUT2D eigenvalue weighted by atomic mass is 9.73. The van der Waals surface area contributed by atoms with Crippen LogP contribution < -0.4 is 4.90 Å². The first-order valence-electron chi connectivity index (χ1n) is 24.4. The van der Waals surface area contributed by atoms with Gasteiger partial charge in [-0.25, -0.2) is 0 Å². The molecule has 14 rings (SSSR count). The molecule has 0 radical (unpaired) electrons. The highest BCUT2D eigenvalue weighted by Gasteiger charge is 2.46. The Hall–Kier alpha value is -8.14. The molecule has 0 amide bonds. The number of fused-ring (bicyclic) bond motifs is 12. The average molecular weight is 887 g/mol. The highest BCUT2D eigenvalue weighted by atomic mass is 16.3. The van der Waals surface area contributed by atoms with Gasteiger partial charge < -0.3 is 13.9 Å². The molecule has 3 aliphatic carbocycles. The van der Waals surface area contributed by atoms with E-state index in [0.717, 1.165) is 39.0 Å². The maximum atomic E-state index is 6.83. The Balaban J connectivity index is 0.881. The van der Waals surface area contributed by atoms with Crippen molar-refractivity contribution in [2.75, 3.05) is 4.90 Å². The normalized spacial score (nSPS) is 17.2. The summed E-state index contributed by atoms with van der Waals surface area (Å²) in [5.74, 6) is 0.570. The summed E-state index contributed by atoms with van der Waals surface area (Å²) in [4.78, 5) is 2.45. The monoisotopic (exact) mass is 886 g/mol. The smallest absolute Gasteiger partial charge is 0.159 e. The number of benzene rings is 9. The Morgan fingerprint density at radius 3 is 1.97 bits per heavy atom. The first-order chi connectivity index (χ1) is 33.7. The minimum absolute atomic E-state index is 0.144. The molecular formula is C66H50N2O. The quantitative estimate of drug-likeness (QED) is 0.166. The van der Waals surface area contributed by atoms with Crippen LogP contribution >= 0.6 is 0 Å². The van der Waals surface area contributed by atoms with Gasteiger partial charge in [0.1, 0.15) is 5.58 Å². The zero-order valence-corrected chi connectivity index (χ0v) is 39.2. The van der Waals surface area contributed by atoms with Gasteiger partial charge in [0.15, 0.2) is 5.58 Å². The Labute approximate surface area is 402 Å². The number of para-hydroxylation sites is 4. The van der Waals surface area contributed by atoms with Crippen LogP contribution in [0, 0.1) is 5.92 Å². The summed E-state index contributed by atoms with van der Waals surface area (Å²) in [6.45, 7) is 9.67. The van der Waals surface area contributed by atoms with Crippen molar-refractivity contribution in [1.82, 2.24) is 4.57 Å². The lowest BCUT2D eigenvalue weighted by Gasteiger charge is -2.32. The molecular weight excluding hydrogens is 837 g/mol. The minimum Gasteiger partial charge on any atom is -0.454 e. The number of hydrogen-bond acceptors (Lipinski definition) is 2. The predicted molar refractivity (Wildman–Crippen MR) is 289 cm³/mol. The zero-order chi connectivity index (χ0) is 46.2. The van der Waals surface area contributed by atoms with Gasteiger partial charge in [-0.2, -0.15) is 0 Å². The maximum Gasteiger partial charge on any atom is 0.159 e. The van der Waals surface area contributed by atoms with Crippen LogP contribution in [0.5, 0.6) is 0 Å². The highest BCUT2D eigenvalue weighted by molar-refractivity contribution is 6.11. The van der Waals surface area contributed by atoms with Gasteiger partial charge in [-0.3, -0.25) is 0 Å². The van der Waals surface area contributed by atoms with Crippen molar-refractivity contribution in [3.8, 4) is 27.9 Å². The van der Waals surface area contributed by atoms with E-state index in [-0.39, 0.29) is 22.7 Å². The molecule has 2 heterocycles. The predicted octanol–water partition coefficient (Wildman–Crippen LogP) is 17.8. The molecule has 3 nitrogen and oxygen atoms in total. The standard InChI is InChI=1S/C66H50N2O/c1-65(2)56-37-43(41-16-7-5-8-17-41)26-31-48(56)50-33-29-46(39-58(50)65)67(62-24-15-22-54-53-21-12-14-25-63(53)69-64(54)62)47-30-34-51-49-32-27-44(38-57(49)66(3,4)59(51)40-47)42-28-35-61-55(36-42)52-20-11-13-23-60(52)68(61)45-18-9-6-10-19-45/h5-40,49,57H,1-4H3. The van der Waals surface area contributed by atoms with Gasteiger partial charge in [0, 0.05) is 49.9 Å². The fourth-order valence-corrected chi connectivity index (χ4v) is 12.6. The second-order valence-electron chi connectivity index (χ2n) is 20.5.